The van der Waals surface area contributed by atoms with Gasteiger partial charge in [-0.3, -0.25) is 10.1 Å². The zero-order valence-electron chi connectivity index (χ0n) is 15.6. The maximum absolute atomic E-state index is 12.9. The first kappa shape index (κ1) is 24.0. The Bertz CT molecular complexity index is 1080. The molecule has 0 saturated heterocycles. The molecule has 0 aliphatic rings. The van der Waals surface area contributed by atoms with E-state index in [2.05, 4.69) is 20.3 Å². The molecule has 0 bridgehead atoms. The van der Waals surface area contributed by atoms with Crippen molar-refractivity contribution >= 4 is 44.5 Å². The fourth-order valence-electron chi connectivity index (χ4n) is 2.09. The second-order valence-electron chi connectivity index (χ2n) is 5.74. The lowest BCUT2D eigenvalue weighted by Crippen LogP contribution is -2.32. The van der Waals surface area contributed by atoms with Gasteiger partial charge in [-0.1, -0.05) is 0 Å². The summed E-state index contributed by atoms with van der Waals surface area (Å²) in [7, 11) is -3.00. The molecule has 164 valence electrons. The summed E-state index contributed by atoms with van der Waals surface area (Å²) in [5.74, 6) is -1.61. The highest BCUT2D eigenvalue weighted by molar-refractivity contribution is 14.1. The summed E-state index contributed by atoms with van der Waals surface area (Å²) >= 11 is 1.48. The third-order valence-electron chi connectivity index (χ3n) is 3.50. The molecule has 1 unspecified atom stereocenters. The number of sulfonamides is 1. The lowest BCUT2D eigenvalue weighted by atomic mass is 10.2. The van der Waals surface area contributed by atoms with Crippen LogP contribution in [0.3, 0.4) is 0 Å². The van der Waals surface area contributed by atoms with Gasteiger partial charge in [0.25, 0.3) is 5.91 Å². The van der Waals surface area contributed by atoms with Crippen LogP contribution in [0.15, 0.2) is 17.0 Å². The number of carbonyl (C=O) groups excluding carboxylic acids is 1. The van der Waals surface area contributed by atoms with Gasteiger partial charge in [-0.05, 0) is 48.6 Å². The molecule has 2 rings (SSSR count). The van der Waals surface area contributed by atoms with E-state index in [1.807, 2.05) is 0 Å². The number of methoxy groups -OCH3 is 1. The summed E-state index contributed by atoms with van der Waals surface area (Å²) < 4.78 is 71.8. The molecular weight excluding hydrogens is 546 g/mol. The molecule has 0 spiro atoms. The van der Waals surface area contributed by atoms with Gasteiger partial charge in [0.1, 0.15) is 11.6 Å². The average Bonchev–Trinajstić information content (AvgIpc) is 2.59. The number of aromatic nitrogens is 3. The Morgan fingerprint density at radius 1 is 1.27 bits per heavy atom. The van der Waals surface area contributed by atoms with Gasteiger partial charge in [0.05, 0.1) is 17.6 Å². The van der Waals surface area contributed by atoms with Crippen molar-refractivity contribution in [3.05, 3.63) is 27.1 Å². The Morgan fingerprint density at radius 3 is 2.43 bits per heavy atom. The first-order valence-corrected chi connectivity index (χ1v) is 10.5. The number of alkyl halides is 3. The number of halogens is 4. The Kier molecular flexibility index (Phi) is 7.08. The van der Waals surface area contributed by atoms with Gasteiger partial charge in [0.2, 0.25) is 16.0 Å². The van der Waals surface area contributed by atoms with E-state index >= 15 is 0 Å². The number of hydrogen-bond acceptors (Lipinski definition) is 8. The van der Waals surface area contributed by atoms with Gasteiger partial charge in [-0.25, -0.2) is 13.6 Å². The van der Waals surface area contributed by atoms with Gasteiger partial charge in [-0.15, -0.1) is 0 Å². The lowest BCUT2D eigenvalue weighted by molar-refractivity contribution is -0.189. The SMILES string of the molecule is COc1nc(C)nc(NC(=O)c2c(OC(C)C(F)(F)F)ccc(S(N)(=O)=O)c2I)n1. The molecule has 2 aromatic rings. The van der Waals surface area contributed by atoms with Crippen LogP contribution < -0.4 is 19.9 Å². The first-order valence-electron chi connectivity index (χ1n) is 7.90. The van der Waals surface area contributed by atoms with Gasteiger partial charge < -0.3 is 9.47 Å². The highest BCUT2D eigenvalue weighted by atomic mass is 127. The summed E-state index contributed by atoms with van der Waals surface area (Å²) in [6.07, 6.45) is -7.00. The maximum atomic E-state index is 12.9. The van der Waals surface area contributed by atoms with Crippen LogP contribution in [0.4, 0.5) is 19.1 Å². The van der Waals surface area contributed by atoms with Crippen molar-refractivity contribution in [2.24, 2.45) is 5.14 Å². The Hall–Kier alpha value is -2.27. The molecule has 1 aromatic heterocycles. The van der Waals surface area contributed by atoms with Crippen molar-refractivity contribution in [1.29, 1.82) is 0 Å². The molecule has 0 aliphatic heterocycles. The molecule has 1 heterocycles. The van der Waals surface area contributed by atoms with Crippen molar-refractivity contribution in [3.63, 3.8) is 0 Å². The summed E-state index contributed by atoms with van der Waals surface area (Å²) in [5.41, 5.74) is -0.491. The number of nitrogens with one attached hydrogen (secondary N) is 1. The Labute approximate surface area is 182 Å². The van der Waals surface area contributed by atoms with Crippen LogP contribution in [0.25, 0.3) is 0 Å². The number of nitrogens with two attached hydrogens (primary N) is 1. The van der Waals surface area contributed by atoms with Crippen LogP contribution in [0.5, 0.6) is 11.8 Å². The molecule has 15 heteroatoms. The van der Waals surface area contributed by atoms with E-state index in [9.17, 15) is 26.4 Å². The summed E-state index contributed by atoms with van der Waals surface area (Å²) in [6, 6.07) is 1.74. The highest BCUT2D eigenvalue weighted by Gasteiger charge is 2.39. The van der Waals surface area contributed by atoms with E-state index in [1.54, 1.807) is 0 Å². The van der Waals surface area contributed by atoms with E-state index < -0.39 is 44.4 Å². The Morgan fingerprint density at radius 2 is 1.90 bits per heavy atom. The second-order valence-corrected chi connectivity index (χ2v) is 8.35. The van der Waals surface area contributed by atoms with Crippen molar-refractivity contribution < 1.29 is 35.9 Å². The number of rotatable bonds is 6. The van der Waals surface area contributed by atoms with Gasteiger partial charge in [0, 0.05) is 3.57 Å². The van der Waals surface area contributed by atoms with E-state index in [0.717, 1.165) is 19.1 Å². The highest BCUT2D eigenvalue weighted by Crippen LogP contribution is 2.33. The van der Waals surface area contributed by atoms with E-state index in [0.29, 0.717) is 0 Å². The van der Waals surface area contributed by atoms with Crippen molar-refractivity contribution in [1.82, 2.24) is 15.0 Å². The van der Waals surface area contributed by atoms with Gasteiger partial charge in [-0.2, -0.15) is 28.1 Å². The number of benzene rings is 1. The molecule has 0 saturated carbocycles. The second kappa shape index (κ2) is 8.84. The van der Waals surface area contributed by atoms with Crippen LogP contribution in [-0.2, 0) is 10.0 Å². The minimum atomic E-state index is -4.73. The number of primary sulfonamides is 1. The maximum Gasteiger partial charge on any atom is 0.425 e. The molecular formula is C15H15F3IN5O5S. The quantitative estimate of drug-likeness (QED) is 0.510. The minimum Gasteiger partial charge on any atom is -0.480 e. The molecule has 1 amide bonds. The monoisotopic (exact) mass is 561 g/mol. The standard InChI is InChI=1S/C15H15F3IN5O5S/c1-6(15(16,17)18)29-8-4-5-9(30(20,26)27)11(19)10(8)12(25)23-13-21-7(2)22-14(24-13)28-3/h4-6H,1-3H3,(H2,20,26,27)(H,21,22,23,24,25). The molecule has 0 radical (unpaired) electrons. The number of amides is 1. The molecule has 1 atom stereocenters. The van der Waals surface area contributed by atoms with Crippen LogP contribution in [0, 0.1) is 10.5 Å². The third-order valence-corrected chi connectivity index (χ3v) is 5.94. The summed E-state index contributed by atoms with van der Waals surface area (Å²) in [6.45, 7) is 2.23. The lowest BCUT2D eigenvalue weighted by Gasteiger charge is -2.20. The van der Waals surface area contributed by atoms with Crippen LogP contribution in [0.1, 0.15) is 23.1 Å². The van der Waals surface area contributed by atoms with E-state index in [-0.39, 0.29) is 21.4 Å². The molecule has 0 fully saturated rings. The molecule has 1 aromatic carbocycles. The van der Waals surface area contributed by atoms with Gasteiger partial charge >= 0.3 is 12.2 Å². The number of aryl methyl sites for hydroxylation is 1. The van der Waals surface area contributed by atoms with Crippen LogP contribution >= 0.6 is 22.6 Å². The fourth-order valence-corrected chi connectivity index (χ4v) is 4.32. The van der Waals surface area contributed by atoms with Crippen molar-refractivity contribution in [3.8, 4) is 11.8 Å². The molecule has 0 aliphatic carbocycles. The Balaban J connectivity index is 2.56. The molecule has 10 nitrogen and oxygen atoms in total. The van der Waals surface area contributed by atoms with Crippen molar-refractivity contribution in [2.75, 3.05) is 12.4 Å². The summed E-state index contributed by atoms with van der Waals surface area (Å²) in [4.78, 5) is 23.9. The number of anilines is 1. The normalized spacial score (nSPS) is 12.9. The zero-order valence-corrected chi connectivity index (χ0v) is 18.6. The summed E-state index contributed by atoms with van der Waals surface area (Å²) in [5, 5.41) is 7.39. The first-order chi connectivity index (χ1) is 13.7. The number of ether oxygens (including phenoxy) is 2. The zero-order chi connectivity index (χ0) is 22.9. The van der Waals surface area contributed by atoms with E-state index in [4.69, 9.17) is 14.6 Å². The minimum absolute atomic E-state index is 0.118. The van der Waals surface area contributed by atoms with Crippen LogP contribution in [-0.4, -0.2) is 48.7 Å². The van der Waals surface area contributed by atoms with Gasteiger partial charge in [0.15, 0.2) is 6.10 Å². The largest absolute Gasteiger partial charge is 0.480 e. The number of nitrogens with zero attached hydrogens (tertiary/aromatic N) is 3. The number of hydrogen-bond donors (Lipinski definition) is 2. The third kappa shape index (κ3) is 5.66. The predicted molar refractivity (Wildman–Crippen MR) is 106 cm³/mol. The molecule has 30 heavy (non-hydrogen) atoms. The average molecular weight is 561 g/mol. The topological polar surface area (TPSA) is 146 Å². The van der Waals surface area contributed by atoms with Crippen LogP contribution in [0.2, 0.25) is 0 Å². The predicted octanol–water partition coefficient (Wildman–Crippen LogP) is 2.02. The van der Waals surface area contributed by atoms with Crippen molar-refractivity contribution in [2.45, 2.75) is 31.0 Å². The smallest absolute Gasteiger partial charge is 0.425 e. The molecule has 3 N–H and O–H groups in total. The van der Waals surface area contributed by atoms with E-state index in [1.165, 1.54) is 36.6 Å². The number of carbonyl (C=O) groups is 1. The fraction of sp³-hybridized carbons (Fsp3) is 0.333.